The fourth-order valence-electron chi connectivity index (χ4n) is 1.83. The number of aliphatic carboxylic acids is 2. The van der Waals surface area contributed by atoms with Gasteiger partial charge >= 0.3 is 11.9 Å². The maximum atomic E-state index is 13.8. The minimum Gasteiger partial charge on any atom is -0.473 e. The molecule has 0 amide bonds. The van der Waals surface area contributed by atoms with Gasteiger partial charge < -0.3 is 20.4 Å². The molecule has 0 aliphatic rings. The molecule has 0 aliphatic heterocycles. The third-order valence-corrected chi connectivity index (χ3v) is 3.14. The van der Waals surface area contributed by atoms with E-state index in [1.54, 1.807) is 0 Å². The number of benzene rings is 1. The Hall–Kier alpha value is -2.92. The molecule has 136 valence electrons. The van der Waals surface area contributed by atoms with Crippen molar-refractivity contribution in [2.75, 3.05) is 0 Å². The smallest absolute Gasteiger partial charge is 0.414 e. The van der Waals surface area contributed by atoms with Crippen LogP contribution in [0.4, 0.5) is 8.78 Å². The molecule has 0 bridgehead atoms. The first-order valence-electron chi connectivity index (χ1n) is 6.72. The van der Waals surface area contributed by atoms with Gasteiger partial charge in [-0.2, -0.15) is 5.10 Å². The number of aliphatic hydroxyl groups is 2. The largest absolute Gasteiger partial charge is 0.473 e. The number of carbonyl (C=O) groups is 2. The quantitative estimate of drug-likeness (QED) is 0.557. The van der Waals surface area contributed by atoms with Gasteiger partial charge in [0.15, 0.2) is 0 Å². The maximum absolute atomic E-state index is 13.8. The summed E-state index contributed by atoms with van der Waals surface area (Å²) in [5.41, 5.74) is -2.32. The molecule has 4 N–H and O–H groups in total. The summed E-state index contributed by atoms with van der Waals surface area (Å²) in [4.78, 5) is 21.9. The van der Waals surface area contributed by atoms with Crippen LogP contribution in [0.15, 0.2) is 30.9 Å². The number of hydrogen-bond donors (Lipinski definition) is 4. The first-order valence-corrected chi connectivity index (χ1v) is 6.72. The van der Waals surface area contributed by atoms with Crippen LogP contribution >= 0.6 is 0 Å². The molecule has 0 spiro atoms. The molecule has 25 heavy (non-hydrogen) atoms. The van der Waals surface area contributed by atoms with E-state index in [1.807, 2.05) is 0 Å². The van der Waals surface area contributed by atoms with Crippen LogP contribution in [0.1, 0.15) is 12.5 Å². The van der Waals surface area contributed by atoms with Gasteiger partial charge in [0.2, 0.25) is 0 Å². The average molecular weight is 359 g/mol. The SMILES string of the molecule is CC(O)C(O)(Cn1cncn1)c1cc(F)ccc1F.O=C(O)C(=O)O. The third kappa shape index (κ3) is 5.29. The summed E-state index contributed by atoms with van der Waals surface area (Å²) in [5.74, 6) is -5.15. The molecule has 0 saturated carbocycles. The monoisotopic (exact) mass is 359 g/mol. The second-order valence-corrected chi connectivity index (χ2v) is 4.93. The van der Waals surface area contributed by atoms with Crippen molar-refractivity contribution >= 4 is 11.9 Å². The van der Waals surface area contributed by atoms with E-state index < -0.39 is 35.3 Å². The van der Waals surface area contributed by atoms with Crippen molar-refractivity contribution in [2.24, 2.45) is 0 Å². The Labute approximate surface area is 139 Å². The fourth-order valence-corrected chi connectivity index (χ4v) is 1.83. The van der Waals surface area contributed by atoms with Crippen LogP contribution in [0.2, 0.25) is 0 Å². The van der Waals surface area contributed by atoms with Crippen molar-refractivity contribution in [1.29, 1.82) is 0 Å². The van der Waals surface area contributed by atoms with Crippen LogP contribution in [-0.4, -0.2) is 53.2 Å². The highest BCUT2D eigenvalue weighted by Gasteiger charge is 2.38. The van der Waals surface area contributed by atoms with Gasteiger partial charge in [0.1, 0.15) is 29.9 Å². The second kappa shape index (κ2) is 8.26. The molecule has 1 aromatic carbocycles. The van der Waals surface area contributed by atoms with Crippen molar-refractivity contribution < 1.29 is 38.8 Å². The van der Waals surface area contributed by atoms with E-state index in [1.165, 1.54) is 24.3 Å². The summed E-state index contributed by atoms with van der Waals surface area (Å²) in [6, 6.07) is 2.70. The molecule has 11 heteroatoms. The molecule has 0 saturated heterocycles. The van der Waals surface area contributed by atoms with Gasteiger partial charge in [0, 0.05) is 5.56 Å². The predicted molar refractivity (Wildman–Crippen MR) is 77.2 cm³/mol. The van der Waals surface area contributed by atoms with Gasteiger partial charge in [-0.05, 0) is 25.1 Å². The summed E-state index contributed by atoms with van der Waals surface area (Å²) in [7, 11) is 0. The van der Waals surface area contributed by atoms with Crippen molar-refractivity contribution in [3.63, 3.8) is 0 Å². The average Bonchev–Trinajstić information content (AvgIpc) is 3.02. The zero-order chi connectivity index (χ0) is 19.2. The molecule has 2 rings (SSSR count). The first kappa shape index (κ1) is 20.1. The Balaban J connectivity index is 0.000000450. The molecule has 2 unspecified atom stereocenters. The Kier molecular flexibility index (Phi) is 6.65. The Bertz CT molecular complexity index is 726. The molecule has 2 aromatic rings. The van der Waals surface area contributed by atoms with E-state index in [4.69, 9.17) is 19.8 Å². The summed E-state index contributed by atoms with van der Waals surface area (Å²) in [5, 5.41) is 38.8. The first-order chi connectivity index (χ1) is 11.6. The lowest BCUT2D eigenvalue weighted by Crippen LogP contribution is -2.42. The minimum atomic E-state index is -2.00. The fraction of sp³-hybridized carbons (Fsp3) is 0.286. The Morgan fingerprint density at radius 1 is 1.28 bits per heavy atom. The van der Waals surface area contributed by atoms with E-state index in [2.05, 4.69) is 10.1 Å². The number of carboxylic acid groups (broad SMARTS) is 2. The van der Waals surface area contributed by atoms with Gasteiger partial charge in [-0.3, -0.25) is 0 Å². The van der Waals surface area contributed by atoms with E-state index in [9.17, 15) is 19.0 Å². The molecular weight excluding hydrogens is 344 g/mol. The van der Waals surface area contributed by atoms with E-state index in [0.29, 0.717) is 0 Å². The highest BCUT2D eigenvalue weighted by Crippen LogP contribution is 2.29. The summed E-state index contributed by atoms with van der Waals surface area (Å²) >= 11 is 0. The van der Waals surface area contributed by atoms with E-state index in [-0.39, 0.29) is 12.1 Å². The lowest BCUT2D eigenvalue weighted by atomic mass is 9.88. The molecule has 0 aliphatic carbocycles. The lowest BCUT2D eigenvalue weighted by molar-refractivity contribution is -0.159. The molecule has 1 heterocycles. The van der Waals surface area contributed by atoms with Crippen LogP contribution < -0.4 is 0 Å². The van der Waals surface area contributed by atoms with Gasteiger partial charge in [0.05, 0.1) is 12.6 Å². The number of halogens is 2. The third-order valence-electron chi connectivity index (χ3n) is 3.14. The molecule has 1 aromatic heterocycles. The van der Waals surface area contributed by atoms with Gasteiger partial charge in [-0.1, -0.05) is 0 Å². The van der Waals surface area contributed by atoms with Crippen molar-refractivity contribution in [3.05, 3.63) is 48.1 Å². The Morgan fingerprint density at radius 2 is 1.88 bits per heavy atom. The van der Waals surface area contributed by atoms with Crippen LogP contribution in [0.5, 0.6) is 0 Å². The van der Waals surface area contributed by atoms with Crippen LogP contribution in [0.3, 0.4) is 0 Å². The lowest BCUT2D eigenvalue weighted by Gasteiger charge is -2.31. The second-order valence-electron chi connectivity index (χ2n) is 4.93. The van der Waals surface area contributed by atoms with Crippen molar-refractivity contribution in [2.45, 2.75) is 25.2 Å². The number of carboxylic acids is 2. The highest BCUT2D eigenvalue weighted by atomic mass is 19.1. The zero-order valence-electron chi connectivity index (χ0n) is 12.9. The number of rotatable bonds is 4. The number of hydrogen-bond acceptors (Lipinski definition) is 6. The molecule has 9 nitrogen and oxygen atoms in total. The van der Waals surface area contributed by atoms with E-state index >= 15 is 0 Å². The molecule has 0 fully saturated rings. The summed E-state index contributed by atoms with van der Waals surface area (Å²) in [6.07, 6.45) is 1.22. The summed E-state index contributed by atoms with van der Waals surface area (Å²) in [6.45, 7) is 1.05. The van der Waals surface area contributed by atoms with Crippen LogP contribution in [0, 0.1) is 11.6 Å². The van der Waals surface area contributed by atoms with Gasteiger partial charge in [-0.15, -0.1) is 0 Å². The normalized spacial score (nSPS) is 14.0. The number of aliphatic hydroxyl groups excluding tert-OH is 1. The molecule has 2 atom stereocenters. The van der Waals surface area contributed by atoms with Crippen molar-refractivity contribution in [1.82, 2.24) is 14.8 Å². The summed E-state index contributed by atoms with van der Waals surface area (Å²) < 4.78 is 28.2. The van der Waals surface area contributed by atoms with Gasteiger partial charge in [-0.25, -0.2) is 28.0 Å². The van der Waals surface area contributed by atoms with Crippen LogP contribution in [-0.2, 0) is 21.7 Å². The minimum absolute atomic E-state index is 0.245. The standard InChI is InChI=1S/C12H13F2N3O2.C2H2O4/c1-8(18)12(19,5-17-7-15-6-16-17)10-4-9(13)2-3-11(10)14;3-1(4)2(5)6/h2-4,6-8,18-19H,5H2,1H3;(H,3,4)(H,5,6). The zero-order valence-corrected chi connectivity index (χ0v) is 12.9. The highest BCUT2D eigenvalue weighted by molar-refractivity contribution is 6.27. The van der Waals surface area contributed by atoms with Crippen LogP contribution in [0.25, 0.3) is 0 Å². The van der Waals surface area contributed by atoms with E-state index in [0.717, 1.165) is 18.2 Å². The van der Waals surface area contributed by atoms with Crippen molar-refractivity contribution in [3.8, 4) is 0 Å². The topological polar surface area (TPSA) is 146 Å². The van der Waals surface area contributed by atoms with Gasteiger partial charge in [0.25, 0.3) is 0 Å². The molecular formula is C14H15F2N3O6. The maximum Gasteiger partial charge on any atom is 0.414 e. The number of nitrogens with zero attached hydrogens (tertiary/aromatic N) is 3. The molecule has 0 radical (unpaired) electrons. The number of aromatic nitrogens is 3. The predicted octanol–water partition coefficient (Wildman–Crippen LogP) is -0.0195. The Morgan fingerprint density at radius 3 is 2.32 bits per heavy atom.